The summed E-state index contributed by atoms with van der Waals surface area (Å²) in [7, 11) is 0. The molecule has 1 aliphatic heterocycles. The molecule has 1 aromatic heterocycles. The summed E-state index contributed by atoms with van der Waals surface area (Å²) in [4.78, 5) is 25.9. The van der Waals surface area contributed by atoms with Gasteiger partial charge in [0.15, 0.2) is 0 Å². The van der Waals surface area contributed by atoms with Crippen LogP contribution in [-0.2, 0) is 16.1 Å². The van der Waals surface area contributed by atoms with Gasteiger partial charge in [-0.15, -0.1) is 6.42 Å². The minimum Gasteiger partial charge on any atom is -0.333 e. The first-order chi connectivity index (χ1) is 13.6. The number of para-hydroxylation sites is 1. The van der Waals surface area contributed by atoms with Crippen LogP contribution in [0.3, 0.4) is 0 Å². The molecule has 4 aliphatic rings. The molecular formula is C23H21N3O2. The van der Waals surface area contributed by atoms with Crippen LogP contribution in [-0.4, -0.2) is 27.6 Å². The number of carbonyl (C=O) groups is 2. The first kappa shape index (κ1) is 17.0. The molecule has 140 valence electrons. The van der Waals surface area contributed by atoms with Crippen LogP contribution in [0.5, 0.6) is 0 Å². The SMILES string of the molecule is C#CCn1c(C)c(/C=N\N2C(=O)[C@@H]3[C@@H](C2=O)[C@H]2C=C[C@H]3CC2)c2ccccc21. The lowest BCUT2D eigenvalue weighted by atomic mass is 9.63. The molecule has 0 radical (unpaired) electrons. The molecule has 2 bridgehead atoms. The molecule has 2 heterocycles. The predicted molar refractivity (Wildman–Crippen MR) is 107 cm³/mol. The van der Waals surface area contributed by atoms with Crippen LogP contribution in [0.1, 0.15) is 24.1 Å². The average Bonchev–Trinajstić information content (AvgIpc) is 3.15. The Morgan fingerprint density at radius 2 is 1.79 bits per heavy atom. The number of rotatable bonds is 3. The van der Waals surface area contributed by atoms with E-state index in [4.69, 9.17) is 6.42 Å². The molecule has 1 saturated carbocycles. The van der Waals surface area contributed by atoms with Gasteiger partial charge in [-0.3, -0.25) is 9.59 Å². The quantitative estimate of drug-likeness (QED) is 0.360. The number of imide groups is 1. The molecule has 5 heteroatoms. The normalized spacial score (nSPS) is 28.5. The Morgan fingerprint density at radius 3 is 2.39 bits per heavy atom. The van der Waals surface area contributed by atoms with E-state index in [1.807, 2.05) is 35.8 Å². The summed E-state index contributed by atoms with van der Waals surface area (Å²) in [5.74, 6) is 2.24. The van der Waals surface area contributed by atoms with Gasteiger partial charge in [0, 0.05) is 22.2 Å². The molecule has 1 aromatic carbocycles. The maximum atomic E-state index is 12.9. The van der Waals surface area contributed by atoms with E-state index < -0.39 is 0 Å². The molecule has 2 fully saturated rings. The Kier molecular flexibility index (Phi) is 3.77. The van der Waals surface area contributed by atoms with E-state index in [9.17, 15) is 9.59 Å². The minimum absolute atomic E-state index is 0.157. The van der Waals surface area contributed by atoms with Crippen molar-refractivity contribution < 1.29 is 9.59 Å². The first-order valence-corrected chi connectivity index (χ1v) is 9.73. The van der Waals surface area contributed by atoms with Crippen molar-refractivity contribution in [3.8, 4) is 12.3 Å². The van der Waals surface area contributed by atoms with Gasteiger partial charge in [0.25, 0.3) is 11.8 Å². The van der Waals surface area contributed by atoms with Gasteiger partial charge < -0.3 is 4.57 Å². The van der Waals surface area contributed by atoms with Crippen molar-refractivity contribution in [3.05, 3.63) is 47.7 Å². The van der Waals surface area contributed by atoms with E-state index in [1.54, 1.807) is 6.21 Å². The molecule has 6 rings (SSSR count). The molecule has 2 aromatic rings. The highest BCUT2D eigenvalue weighted by molar-refractivity contribution is 6.07. The summed E-state index contributed by atoms with van der Waals surface area (Å²) < 4.78 is 2.05. The lowest BCUT2D eigenvalue weighted by Gasteiger charge is -2.37. The molecule has 0 spiro atoms. The smallest absolute Gasteiger partial charge is 0.254 e. The fourth-order valence-corrected chi connectivity index (χ4v) is 5.20. The standard InChI is InChI=1S/C23H21N3O2/c1-3-12-25-14(2)18(17-6-4-5-7-19(17)25)13-24-26-22(27)20-15-8-9-16(11-10-15)21(20)23(26)28/h1,4-9,13,15-16,20-21H,10-12H2,2H3/b24-13-/t15-,16-,20-,21-/m0/s1. The molecule has 2 amide bonds. The number of hydrogen-bond donors (Lipinski definition) is 0. The minimum atomic E-state index is -0.239. The number of amides is 2. The van der Waals surface area contributed by atoms with Crippen LogP contribution >= 0.6 is 0 Å². The van der Waals surface area contributed by atoms with Gasteiger partial charge in [0.05, 0.1) is 24.6 Å². The fraction of sp³-hybridized carbons (Fsp3) is 0.348. The van der Waals surface area contributed by atoms with E-state index in [1.165, 1.54) is 0 Å². The van der Waals surface area contributed by atoms with E-state index in [0.29, 0.717) is 6.54 Å². The van der Waals surface area contributed by atoms with E-state index in [0.717, 1.165) is 40.0 Å². The number of hydrazone groups is 1. The summed E-state index contributed by atoms with van der Waals surface area (Å²) in [6.45, 7) is 2.44. The topological polar surface area (TPSA) is 54.7 Å². The number of aromatic nitrogens is 1. The molecule has 4 atom stereocenters. The molecule has 28 heavy (non-hydrogen) atoms. The zero-order valence-corrected chi connectivity index (χ0v) is 15.7. The van der Waals surface area contributed by atoms with Gasteiger partial charge in [-0.05, 0) is 37.7 Å². The third kappa shape index (κ3) is 2.24. The number of fused-ring (bicyclic) bond motifs is 2. The Labute approximate surface area is 163 Å². The Hall–Kier alpha value is -3.13. The summed E-state index contributed by atoms with van der Waals surface area (Å²) in [6.07, 6.45) is 13.4. The van der Waals surface area contributed by atoms with Crippen molar-refractivity contribution in [1.82, 2.24) is 9.58 Å². The highest BCUT2D eigenvalue weighted by Crippen LogP contribution is 2.49. The average molecular weight is 371 g/mol. The van der Waals surface area contributed by atoms with Gasteiger partial charge in [-0.1, -0.05) is 36.3 Å². The van der Waals surface area contributed by atoms with Crippen molar-refractivity contribution in [1.29, 1.82) is 0 Å². The zero-order chi connectivity index (χ0) is 19.4. The number of allylic oxidation sites excluding steroid dienone is 2. The van der Waals surface area contributed by atoms with Crippen molar-refractivity contribution in [2.45, 2.75) is 26.3 Å². The predicted octanol–water partition coefficient (Wildman–Crippen LogP) is 3.11. The molecule has 0 N–H and O–H groups in total. The van der Waals surface area contributed by atoms with Gasteiger partial charge in [-0.2, -0.15) is 10.1 Å². The Bertz CT molecular complexity index is 1070. The van der Waals surface area contributed by atoms with E-state index in [-0.39, 0.29) is 35.5 Å². The van der Waals surface area contributed by atoms with Crippen molar-refractivity contribution in [3.63, 3.8) is 0 Å². The van der Waals surface area contributed by atoms with Crippen LogP contribution in [0.15, 0.2) is 41.5 Å². The Morgan fingerprint density at radius 1 is 1.14 bits per heavy atom. The number of benzene rings is 1. The molecule has 1 saturated heterocycles. The summed E-state index contributed by atoms with van der Waals surface area (Å²) in [6, 6.07) is 7.95. The Balaban J connectivity index is 1.53. The number of hydrogen-bond acceptors (Lipinski definition) is 3. The van der Waals surface area contributed by atoms with Crippen molar-refractivity contribution in [2.24, 2.45) is 28.8 Å². The monoisotopic (exact) mass is 371 g/mol. The van der Waals surface area contributed by atoms with Gasteiger partial charge in [-0.25, -0.2) is 0 Å². The highest BCUT2D eigenvalue weighted by atomic mass is 16.2. The fourth-order valence-electron chi connectivity index (χ4n) is 5.20. The first-order valence-electron chi connectivity index (χ1n) is 9.73. The van der Waals surface area contributed by atoms with Gasteiger partial charge >= 0.3 is 0 Å². The number of terminal acetylenes is 1. The van der Waals surface area contributed by atoms with Crippen LogP contribution in [0.25, 0.3) is 10.9 Å². The maximum absolute atomic E-state index is 12.9. The second-order valence-corrected chi connectivity index (χ2v) is 7.88. The van der Waals surface area contributed by atoms with Crippen LogP contribution < -0.4 is 0 Å². The van der Waals surface area contributed by atoms with Gasteiger partial charge in [0.2, 0.25) is 0 Å². The molecular weight excluding hydrogens is 350 g/mol. The number of carbonyl (C=O) groups excluding carboxylic acids is 2. The summed E-state index contributed by atoms with van der Waals surface area (Å²) in [5, 5.41) is 6.50. The highest BCUT2D eigenvalue weighted by Gasteiger charge is 2.56. The largest absolute Gasteiger partial charge is 0.333 e. The van der Waals surface area contributed by atoms with Crippen LogP contribution in [0.2, 0.25) is 0 Å². The zero-order valence-electron chi connectivity index (χ0n) is 15.7. The summed E-state index contributed by atoms with van der Waals surface area (Å²) in [5.41, 5.74) is 2.89. The maximum Gasteiger partial charge on any atom is 0.254 e. The lowest BCUT2D eigenvalue weighted by Crippen LogP contribution is -2.38. The van der Waals surface area contributed by atoms with Crippen molar-refractivity contribution >= 4 is 28.9 Å². The van der Waals surface area contributed by atoms with E-state index in [2.05, 4.69) is 23.2 Å². The molecule has 0 unspecified atom stereocenters. The van der Waals surface area contributed by atoms with Crippen LogP contribution in [0.4, 0.5) is 0 Å². The van der Waals surface area contributed by atoms with E-state index >= 15 is 0 Å². The number of nitrogens with zero attached hydrogens (tertiary/aromatic N) is 3. The second-order valence-electron chi connectivity index (χ2n) is 7.88. The third-order valence-electron chi connectivity index (χ3n) is 6.57. The van der Waals surface area contributed by atoms with Crippen molar-refractivity contribution in [2.75, 3.05) is 0 Å². The van der Waals surface area contributed by atoms with Crippen LogP contribution in [0, 0.1) is 42.9 Å². The third-order valence-corrected chi connectivity index (χ3v) is 6.57. The van der Waals surface area contributed by atoms with Gasteiger partial charge in [0.1, 0.15) is 0 Å². The molecule has 3 aliphatic carbocycles. The second kappa shape index (κ2) is 6.20. The lowest BCUT2D eigenvalue weighted by molar-refractivity contribution is -0.140. The summed E-state index contributed by atoms with van der Waals surface area (Å²) >= 11 is 0. The molecule has 5 nitrogen and oxygen atoms in total.